The topological polar surface area (TPSA) is 96.5 Å². The van der Waals surface area contributed by atoms with E-state index in [0.717, 1.165) is 49.8 Å². The molecule has 0 radical (unpaired) electrons. The fourth-order valence-corrected chi connectivity index (χ4v) is 7.45. The van der Waals surface area contributed by atoms with Gasteiger partial charge in [-0.3, -0.25) is 4.79 Å². The molecule has 2 aliphatic rings. The third-order valence-electron chi connectivity index (χ3n) is 8.11. The van der Waals surface area contributed by atoms with Crippen LogP contribution in [-0.2, 0) is 14.1 Å². The number of hydrogen-bond acceptors (Lipinski definition) is 8. The highest BCUT2D eigenvalue weighted by atomic mass is 35.5. The Labute approximate surface area is 254 Å². The van der Waals surface area contributed by atoms with E-state index in [0.29, 0.717) is 40.2 Å². The summed E-state index contributed by atoms with van der Waals surface area (Å²) in [5.41, 5.74) is 2.75. The highest BCUT2D eigenvalue weighted by molar-refractivity contribution is 7.70. The van der Waals surface area contributed by atoms with Gasteiger partial charge in [0.25, 0.3) is 0 Å². The second-order valence-corrected chi connectivity index (χ2v) is 16.7. The molecule has 2 N–H and O–H groups in total. The van der Waals surface area contributed by atoms with Crippen LogP contribution in [0.5, 0.6) is 0 Å². The molecule has 2 aromatic carbocycles. The summed E-state index contributed by atoms with van der Waals surface area (Å²) >= 11 is 6.40. The molecule has 2 heterocycles. The van der Waals surface area contributed by atoms with Gasteiger partial charge in [-0.1, -0.05) is 23.7 Å². The van der Waals surface area contributed by atoms with E-state index in [2.05, 4.69) is 37.6 Å². The number of aromatic nitrogens is 2. The lowest BCUT2D eigenvalue weighted by Gasteiger charge is -2.52. The summed E-state index contributed by atoms with van der Waals surface area (Å²) in [6.07, 6.45) is 6.65. The minimum Gasteiger partial charge on any atom is -0.460 e. The molecular weight excluding hydrogens is 569 g/mol. The normalized spacial score (nSPS) is 17.0. The molecule has 3 aromatic rings. The Morgan fingerprint density at radius 2 is 1.74 bits per heavy atom. The molecule has 1 aromatic heterocycles. The number of benzene rings is 2. The summed E-state index contributed by atoms with van der Waals surface area (Å²) in [7, 11) is -2.50. The third-order valence-corrected chi connectivity index (χ3v) is 9.94. The van der Waals surface area contributed by atoms with Crippen LogP contribution in [0.3, 0.4) is 0 Å². The van der Waals surface area contributed by atoms with Gasteiger partial charge in [-0.25, -0.2) is 4.98 Å². The Morgan fingerprint density at radius 1 is 1.07 bits per heavy atom. The Morgan fingerprint density at radius 3 is 2.38 bits per heavy atom. The maximum atomic E-state index is 12.8. The van der Waals surface area contributed by atoms with Crippen molar-refractivity contribution in [3.05, 3.63) is 59.8 Å². The number of nitrogens with zero attached hydrogens (tertiary/aromatic N) is 3. The maximum absolute atomic E-state index is 12.8. The molecule has 5 rings (SSSR count). The number of carbonyl (C=O) groups is 1. The van der Waals surface area contributed by atoms with Gasteiger partial charge in [0.2, 0.25) is 5.95 Å². The van der Waals surface area contributed by atoms with Gasteiger partial charge in [-0.15, -0.1) is 0 Å². The van der Waals surface area contributed by atoms with E-state index in [-0.39, 0.29) is 5.97 Å². The minimum absolute atomic E-state index is 0.0696. The van der Waals surface area contributed by atoms with Crippen molar-refractivity contribution in [1.29, 1.82) is 0 Å². The Balaban J connectivity index is 1.15. The number of halogens is 1. The Kier molecular flexibility index (Phi) is 8.60. The molecule has 0 unspecified atom stereocenters. The van der Waals surface area contributed by atoms with Crippen molar-refractivity contribution in [2.24, 2.45) is 11.3 Å². The van der Waals surface area contributed by atoms with Gasteiger partial charge in [0.15, 0.2) is 5.82 Å². The molecule has 0 atom stereocenters. The lowest BCUT2D eigenvalue weighted by atomic mass is 9.57. The molecule has 224 valence electrons. The first kappa shape index (κ1) is 30.4. The van der Waals surface area contributed by atoms with Gasteiger partial charge in [0, 0.05) is 36.2 Å². The van der Waals surface area contributed by atoms with Crippen LogP contribution in [0.25, 0.3) is 0 Å². The fourth-order valence-electron chi connectivity index (χ4n) is 6.15. The number of hydrogen-bond donors (Lipinski definition) is 2. The molecular formula is C32H41ClN5O3P. The number of nitrogens with one attached hydrogen (secondary N) is 2. The van der Waals surface area contributed by atoms with Crippen LogP contribution in [0.1, 0.15) is 52.9 Å². The summed E-state index contributed by atoms with van der Waals surface area (Å²) in [5, 5.41) is 7.62. The van der Waals surface area contributed by atoms with E-state index in [1.807, 2.05) is 57.2 Å². The van der Waals surface area contributed by atoms with E-state index in [4.69, 9.17) is 16.3 Å². The molecule has 10 heteroatoms. The van der Waals surface area contributed by atoms with Crippen molar-refractivity contribution >= 4 is 58.8 Å². The number of piperidine rings is 1. The zero-order chi connectivity index (χ0) is 30.1. The van der Waals surface area contributed by atoms with E-state index in [9.17, 15) is 9.36 Å². The average molecular weight is 610 g/mol. The highest BCUT2D eigenvalue weighted by Crippen LogP contribution is 2.54. The molecule has 0 bridgehead atoms. The summed E-state index contributed by atoms with van der Waals surface area (Å²) in [5.74, 6) is 1.24. The Hall–Kier alpha value is -3.09. The van der Waals surface area contributed by atoms with Crippen LogP contribution in [-0.4, -0.2) is 48.0 Å². The van der Waals surface area contributed by atoms with Crippen LogP contribution in [0.15, 0.2) is 54.7 Å². The van der Waals surface area contributed by atoms with Crippen molar-refractivity contribution in [3.8, 4) is 0 Å². The molecule has 1 aliphatic carbocycles. The second-order valence-electron chi connectivity index (χ2n) is 13.1. The SMILES string of the molecule is CC(C)(C)OC(=O)CC1CC2(CCN(c3ccc(Nc4ncc(Cl)c(Nc5ccccc5P(C)(C)=O)n4)cc3)CC2)C1. The molecule has 1 spiro atoms. The molecule has 2 fully saturated rings. The highest BCUT2D eigenvalue weighted by Gasteiger charge is 2.46. The van der Waals surface area contributed by atoms with E-state index in [1.54, 1.807) is 19.5 Å². The van der Waals surface area contributed by atoms with Gasteiger partial charge in [0.05, 0.1) is 11.9 Å². The number of carbonyl (C=O) groups excluding carboxylic acids is 1. The smallest absolute Gasteiger partial charge is 0.306 e. The average Bonchev–Trinajstić information content (AvgIpc) is 2.89. The number of ether oxygens (including phenoxy) is 1. The maximum Gasteiger partial charge on any atom is 0.306 e. The molecule has 1 saturated carbocycles. The largest absolute Gasteiger partial charge is 0.460 e. The molecule has 8 nitrogen and oxygen atoms in total. The first-order valence-electron chi connectivity index (χ1n) is 14.6. The van der Waals surface area contributed by atoms with Crippen LogP contribution in [0.4, 0.5) is 28.8 Å². The molecule has 42 heavy (non-hydrogen) atoms. The molecule has 0 amide bonds. The lowest BCUT2D eigenvalue weighted by Crippen LogP contribution is -2.47. The summed E-state index contributed by atoms with van der Waals surface area (Å²) in [4.78, 5) is 23.6. The Bertz CT molecular complexity index is 1470. The number of rotatable bonds is 8. The number of esters is 1. The minimum atomic E-state index is -2.50. The number of anilines is 5. The fraction of sp³-hybridized carbons (Fsp3) is 0.469. The van der Waals surface area contributed by atoms with Gasteiger partial charge >= 0.3 is 5.97 Å². The van der Waals surface area contributed by atoms with Crippen LogP contribution < -0.4 is 20.8 Å². The first-order chi connectivity index (χ1) is 19.8. The first-order valence-corrected chi connectivity index (χ1v) is 17.5. The summed E-state index contributed by atoms with van der Waals surface area (Å²) in [6, 6.07) is 15.8. The standard InChI is InChI=1S/C32H41ClN5O3P/c1-31(2,3)41-28(39)18-22-19-32(20-22)14-16-38(17-15-32)24-12-10-23(11-13-24)35-30-34-21-25(33)29(37-30)36-26-8-6-7-9-27(26)42(4,5)40/h6-13,21-22H,14-20H2,1-5H3,(H2,34,35,36,37). The predicted octanol–water partition coefficient (Wildman–Crippen LogP) is 7.59. The van der Waals surface area contributed by atoms with Crippen LogP contribution in [0.2, 0.25) is 5.02 Å². The summed E-state index contributed by atoms with van der Waals surface area (Å²) < 4.78 is 18.3. The van der Waals surface area contributed by atoms with Crippen molar-refractivity contribution < 1.29 is 14.1 Å². The molecule has 1 saturated heterocycles. The third kappa shape index (κ3) is 7.45. The second kappa shape index (κ2) is 11.9. The lowest BCUT2D eigenvalue weighted by molar-refractivity contribution is -0.158. The van der Waals surface area contributed by atoms with Gasteiger partial charge in [0.1, 0.15) is 17.8 Å². The monoisotopic (exact) mass is 609 g/mol. The zero-order valence-corrected chi connectivity index (χ0v) is 26.8. The van der Waals surface area contributed by atoms with Gasteiger partial charge in [-0.05, 0) is 108 Å². The van der Waals surface area contributed by atoms with Crippen molar-refractivity contribution in [1.82, 2.24) is 9.97 Å². The quantitative estimate of drug-likeness (QED) is 0.199. The van der Waals surface area contributed by atoms with Crippen molar-refractivity contribution in [2.75, 3.05) is 42.0 Å². The van der Waals surface area contributed by atoms with Crippen molar-refractivity contribution in [2.45, 2.75) is 58.5 Å². The van der Waals surface area contributed by atoms with Gasteiger partial charge in [-0.2, -0.15) is 4.98 Å². The van der Waals surface area contributed by atoms with E-state index < -0.39 is 12.7 Å². The van der Waals surface area contributed by atoms with Gasteiger partial charge < -0.3 is 24.8 Å². The van der Waals surface area contributed by atoms with Crippen molar-refractivity contribution in [3.63, 3.8) is 0 Å². The van der Waals surface area contributed by atoms with E-state index in [1.165, 1.54) is 5.69 Å². The molecule has 1 aliphatic heterocycles. The summed E-state index contributed by atoms with van der Waals surface area (Å²) in [6.45, 7) is 11.3. The number of para-hydroxylation sites is 1. The zero-order valence-electron chi connectivity index (χ0n) is 25.1. The van der Waals surface area contributed by atoms with E-state index >= 15 is 0 Å². The van der Waals surface area contributed by atoms with Crippen LogP contribution in [0, 0.1) is 11.3 Å². The van der Waals surface area contributed by atoms with Crippen LogP contribution >= 0.6 is 18.7 Å². The predicted molar refractivity (Wildman–Crippen MR) is 173 cm³/mol.